The lowest BCUT2D eigenvalue weighted by Gasteiger charge is -2.16. The number of carbonyl (C=O) groups excluding carboxylic acids is 1. The van der Waals surface area contributed by atoms with Crippen molar-refractivity contribution in [2.45, 2.75) is 19.4 Å². The molecule has 1 atom stereocenters. The van der Waals surface area contributed by atoms with Crippen LogP contribution in [0.1, 0.15) is 13.3 Å². The Balaban J connectivity index is 2.60. The smallest absolute Gasteiger partial charge is 0.238 e. The summed E-state index contributed by atoms with van der Waals surface area (Å²) in [6.45, 7) is 2.37. The van der Waals surface area contributed by atoms with Crippen LogP contribution in [0.25, 0.3) is 0 Å². The van der Waals surface area contributed by atoms with Crippen LogP contribution in [0.5, 0.6) is 5.75 Å². The summed E-state index contributed by atoms with van der Waals surface area (Å²) in [5.41, 5.74) is 5.16. The Bertz CT molecular complexity index is 413. The van der Waals surface area contributed by atoms with Crippen LogP contribution in [0, 0.1) is 11.6 Å². The molecule has 0 spiro atoms. The van der Waals surface area contributed by atoms with Crippen molar-refractivity contribution >= 4 is 5.91 Å². The van der Waals surface area contributed by atoms with E-state index in [1.165, 1.54) is 0 Å². The number of amides is 1. The Morgan fingerprint density at radius 1 is 1.50 bits per heavy atom. The molecule has 0 aliphatic rings. The van der Waals surface area contributed by atoms with Crippen LogP contribution >= 0.6 is 0 Å². The first kappa shape index (κ1) is 14.4. The van der Waals surface area contributed by atoms with Gasteiger partial charge >= 0.3 is 0 Å². The quantitative estimate of drug-likeness (QED) is 0.772. The Labute approximate surface area is 104 Å². The fourth-order valence-electron chi connectivity index (χ4n) is 1.32. The second-order valence-electron chi connectivity index (χ2n) is 3.79. The van der Waals surface area contributed by atoms with Crippen LogP contribution in [-0.2, 0) is 4.79 Å². The lowest BCUT2D eigenvalue weighted by molar-refractivity contribution is -0.120. The summed E-state index contributed by atoms with van der Waals surface area (Å²) >= 11 is 0. The van der Waals surface area contributed by atoms with Crippen molar-refractivity contribution in [3.05, 3.63) is 29.8 Å². The van der Waals surface area contributed by atoms with Gasteiger partial charge in [-0.2, -0.15) is 0 Å². The van der Waals surface area contributed by atoms with Gasteiger partial charge in [-0.1, -0.05) is 6.92 Å². The third-order valence-electron chi connectivity index (χ3n) is 2.28. The van der Waals surface area contributed by atoms with Gasteiger partial charge in [0.25, 0.3) is 0 Å². The average molecular weight is 258 g/mol. The molecule has 0 radical (unpaired) electrons. The molecule has 0 heterocycles. The maximum absolute atomic E-state index is 13.2. The number of benzene rings is 1. The molecule has 6 heteroatoms. The number of ether oxygens (including phenoxy) is 1. The van der Waals surface area contributed by atoms with E-state index >= 15 is 0 Å². The predicted molar refractivity (Wildman–Crippen MR) is 63.1 cm³/mol. The molecule has 0 fully saturated rings. The fraction of sp³-hybridized carbons (Fsp3) is 0.417. The minimum absolute atomic E-state index is 0.143. The Hall–Kier alpha value is -1.69. The number of halogens is 2. The summed E-state index contributed by atoms with van der Waals surface area (Å²) in [6, 6.07) is 2.15. The first-order valence-corrected chi connectivity index (χ1v) is 5.65. The van der Waals surface area contributed by atoms with Crippen LogP contribution < -0.4 is 15.8 Å². The monoisotopic (exact) mass is 258 g/mol. The molecule has 0 aliphatic heterocycles. The summed E-state index contributed by atoms with van der Waals surface area (Å²) < 4.78 is 31.2. The van der Waals surface area contributed by atoms with Crippen LogP contribution in [0.4, 0.5) is 8.78 Å². The van der Waals surface area contributed by atoms with Gasteiger partial charge in [-0.3, -0.25) is 4.79 Å². The van der Waals surface area contributed by atoms with Crippen molar-refractivity contribution in [3.8, 4) is 5.75 Å². The molecular formula is C12H16F2N2O2. The molecule has 0 aliphatic carbocycles. The standard InChI is InChI=1S/C12H16F2N2O2/c1-2-5-16-10(12(15)17)7-18-11-6-8(13)3-4-9(11)14/h3-4,6,10,16H,2,5,7H2,1H3,(H2,15,17). The predicted octanol–water partition coefficient (Wildman–Crippen LogP) is 1.20. The molecule has 1 unspecified atom stereocenters. The molecule has 1 aromatic carbocycles. The lowest BCUT2D eigenvalue weighted by atomic mass is 10.2. The van der Waals surface area contributed by atoms with Gasteiger partial charge in [0, 0.05) is 6.07 Å². The van der Waals surface area contributed by atoms with E-state index in [-0.39, 0.29) is 12.4 Å². The molecule has 0 aromatic heterocycles. The zero-order valence-electron chi connectivity index (χ0n) is 10.1. The summed E-state index contributed by atoms with van der Waals surface area (Å²) in [5.74, 6) is -2.13. The third kappa shape index (κ3) is 4.29. The highest BCUT2D eigenvalue weighted by Crippen LogP contribution is 2.17. The van der Waals surface area contributed by atoms with Crippen LogP contribution in [-0.4, -0.2) is 25.1 Å². The van der Waals surface area contributed by atoms with Crippen molar-refractivity contribution in [2.75, 3.05) is 13.2 Å². The molecule has 0 saturated heterocycles. The van der Waals surface area contributed by atoms with Crippen LogP contribution in [0.2, 0.25) is 0 Å². The van der Waals surface area contributed by atoms with Crippen molar-refractivity contribution in [1.29, 1.82) is 0 Å². The van der Waals surface area contributed by atoms with Crippen molar-refractivity contribution in [3.63, 3.8) is 0 Å². The van der Waals surface area contributed by atoms with Gasteiger partial charge in [0.1, 0.15) is 18.5 Å². The van der Waals surface area contributed by atoms with Gasteiger partial charge in [0.05, 0.1) is 0 Å². The lowest BCUT2D eigenvalue weighted by Crippen LogP contribution is -2.45. The highest BCUT2D eigenvalue weighted by Gasteiger charge is 2.16. The zero-order chi connectivity index (χ0) is 13.5. The van der Waals surface area contributed by atoms with Crippen LogP contribution in [0.15, 0.2) is 18.2 Å². The Morgan fingerprint density at radius 3 is 2.83 bits per heavy atom. The minimum atomic E-state index is -0.729. The van der Waals surface area contributed by atoms with Gasteiger partial charge in [0.15, 0.2) is 11.6 Å². The second-order valence-corrected chi connectivity index (χ2v) is 3.79. The maximum Gasteiger partial charge on any atom is 0.238 e. The molecule has 1 amide bonds. The molecule has 0 bridgehead atoms. The molecule has 3 N–H and O–H groups in total. The zero-order valence-corrected chi connectivity index (χ0v) is 10.1. The van der Waals surface area contributed by atoms with Crippen molar-refractivity contribution < 1.29 is 18.3 Å². The van der Waals surface area contributed by atoms with E-state index < -0.39 is 23.6 Å². The first-order valence-electron chi connectivity index (χ1n) is 5.65. The van der Waals surface area contributed by atoms with Gasteiger partial charge in [0.2, 0.25) is 5.91 Å². The number of primary amides is 1. The number of carbonyl (C=O) groups is 1. The summed E-state index contributed by atoms with van der Waals surface area (Å²) in [7, 11) is 0. The summed E-state index contributed by atoms with van der Waals surface area (Å²) in [4.78, 5) is 11.1. The van der Waals surface area contributed by atoms with Crippen LogP contribution in [0.3, 0.4) is 0 Å². The fourth-order valence-corrected chi connectivity index (χ4v) is 1.32. The van der Waals surface area contributed by atoms with E-state index in [2.05, 4.69) is 5.32 Å². The molecule has 1 rings (SSSR count). The van der Waals surface area contributed by atoms with E-state index in [1.807, 2.05) is 6.92 Å². The summed E-state index contributed by atoms with van der Waals surface area (Å²) in [6.07, 6.45) is 0.818. The largest absolute Gasteiger partial charge is 0.488 e. The number of rotatable bonds is 7. The van der Waals surface area contributed by atoms with E-state index in [0.29, 0.717) is 6.54 Å². The van der Waals surface area contributed by atoms with E-state index in [0.717, 1.165) is 24.6 Å². The number of hydrogen-bond acceptors (Lipinski definition) is 3. The average Bonchev–Trinajstić information content (AvgIpc) is 2.33. The highest BCUT2D eigenvalue weighted by atomic mass is 19.1. The highest BCUT2D eigenvalue weighted by molar-refractivity contribution is 5.80. The van der Waals surface area contributed by atoms with Crippen molar-refractivity contribution in [1.82, 2.24) is 5.32 Å². The normalized spacial score (nSPS) is 12.2. The van der Waals surface area contributed by atoms with Gasteiger partial charge in [-0.15, -0.1) is 0 Å². The summed E-state index contributed by atoms with van der Waals surface area (Å²) in [5, 5.41) is 2.86. The molecule has 18 heavy (non-hydrogen) atoms. The van der Waals surface area contributed by atoms with E-state index in [4.69, 9.17) is 10.5 Å². The van der Waals surface area contributed by atoms with Gasteiger partial charge in [-0.25, -0.2) is 8.78 Å². The van der Waals surface area contributed by atoms with E-state index in [9.17, 15) is 13.6 Å². The van der Waals surface area contributed by atoms with Gasteiger partial charge in [-0.05, 0) is 25.1 Å². The topological polar surface area (TPSA) is 64.3 Å². The van der Waals surface area contributed by atoms with Crippen molar-refractivity contribution in [2.24, 2.45) is 5.73 Å². The Kier molecular flexibility index (Phi) is 5.51. The van der Waals surface area contributed by atoms with E-state index in [1.54, 1.807) is 0 Å². The molecule has 4 nitrogen and oxygen atoms in total. The van der Waals surface area contributed by atoms with Gasteiger partial charge < -0.3 is 15.8 Å². The number of nitrogens with two attached hydrogens (primary N) is 1. The maximum atomic E-state index is 13.2. The molecule has 100 valence electrons. The number of nitrogens with one attached hydrogen (secondary N) is 1. The number of hydrogen-bond donors (Lipinski definition) is 2. The third-order valence-corrected chi connectivity index (χ3v) is 2.28. The molecular weight excluding hydrogens is 242 g/mol. The second kappa shape index (κ2) is 6.90. The molecule has 1 aromatic rings. The first-order chi connectivity index (χ1) is 8.54. The molecule has 0 saturated carbocycles. The minimum Gasteiger partial charge on any atom is -0.488 e. The Morgan fingerprint density at radius 2 is 2.22 bits per heavy atom. The SMILES string of the molecule is CCCNC(COc1cc(F)ccc1F)C(N)=O.